The van der Waals surface area contributed by atoms with Crippen LogP contribution in [-0.2, 0) is 14.8 Å². The normalized spacial score (nSPS) is 27.2. The zero-order valence-corrected chi connectivity index (χ0v) is 13.4. The molecule has 0 spiro atoms. The number of fused-ring (bicyclic) bond motifs is 1. The van der Waals surface area contributed by atoms with Gasteiger partial charge in [0.25, 0.3) is 5.91 Å². The lowest BCUT2D eigenvalue weighted by atomic mass is 9.81. The number of rotatable bonds is 3. The number of aryl methyl sites for hydroxylation is 1. The van der Waals surface area contributed by atoms with Crippen LogP contribution in [0.4, 0.5) is 0 Å². The lowest BCUT2D eigenvalue weighted by Crippen LogP contribution is -2.37. The summed E-state index contributed by atoms with van der Waals surface area (Å²) >= 11 is 0. The molecule has 0 bridgehead atoms. The number of nitrogens with two attached hydrogens (primary N) is 1. The van der Waals surface area contributed by atoms with E-state index in [4.69, 9.17) is 9.56 Å². The average Bonchev–Trinajstić information content (AvgIpc) is 3.07. The van der Waals surface area contributed by atoms with Crippen molar-refractivity contribution in [1.29, 1.82) is 0 Å². The Kier molecular flexibility index (Phi) is 3.53. The molecule has 3 rings (SSSR count). The van der Waals surface area contributed by atoms with E-state index in [1.165, 1.54) is 11.8 Å². The van der Waals surface area contributed by atoms with Crippen LogP contribution in [0, 0.1) is 18.3 Å². The molecule has 0 aromatic carbocycles. The number of likely N-dealkylation sites (tertiary alicyclic amines) is 1. The van der Waals surface area contributed by atoms with Crippen LogP contribution in [0.5, 0.6) is 0 Å². The number of furan rings is 1. The quantitative estimate of drug-likeness (QED) is 0.825. The van der Waals surface area contributed by atoms with Crippen LogP contribution in [0.2, 0.25) is 0 Å². The minimum absolute atomic E-state index is 0.0446. The van der Waals surface area contributed by atoms with Crippen molar-refractivity contribution < 1.29 is 27.5 Å². The molecule has 9 heteroatoms. The van der Waals surface area contributed by atoms with Crippen LogP contribution in [0.1, 0.15) is 35.6 Å². The van der Waals surface area contributed by atoms with Gasteiger partial charge in [0.2, 0.25) is 10.0 Å². The fourth-order valence-electron chi connectivity index (χ4n) is 3.80. The fraction of sp³-hybridized carbons (Fsp3) is 0.571. The van der Waals surface area contributed by atoms with Gasteiger partial charge in [-0.25, -0.2) is 13.6 Å². The van der Waals surface area contributed by atoms with Gasteiger partial charge in [-0.05, 0) is 25.7 Å². The second-order valence-corrected chi connectivity index (χ2v) is 7.84. The summed E-state index contributed by atoms with van der Waals surface area (Å²) < 4.78 is 28.1. The molecule has 3 N–H and O–H groups in total. The molecule has 1 aromatic rings. The molecule has 23 heavy (non-hydrogen) atoms. The van der Waals surface area contributed by atoms with Gasteiger partial charge in [-0.3, -0.25) is 9.59 Å². The molecule has 2 fully saturated rings. The third-order valence-corrected chi connectivity index (χ3v) is 5.99. The smallest absolute Gasteiger partial charge is 0.311 e. The molecule has 0 radical (unpaired) electrons. The van der Waals surface area contributed by atoms with Gasteiger partial charge < -0.3 is 14.4 Å². The van der Waals surface area contributed by atoms with Crippen molar-refractivity contribution in [2.45, 2.75) is 31.1 Å². The number of carboxylic acid groups (broad SMARTS) is 1. The van der Waals surface area contributed by atoms with E-state index < -0.39 is 27.3 Å². The van der Waals surface area contributed by atoms with Gasteiger partial charge in [-0.2, -0.15) is 0 Å². The van der Waals surface area contributed by atoms with Gasteiger partial charge in [0.1, 0.15) is 10.7 Å². The number of carbonyl (C=O) groups is 2. The summed E-state index contributed by atoms with van der Waals surface area (Å²) in [6, 6.07) is 1.11. The molecule has 1 aliphatic carbocycles. The second-order valence-electron chi connectivity index (χ2n) is 6.31. The summed E-state index contributed by atoms with van der Waals surface area (Å²) in [7, 11) is -3.97. The van der Waals surface area contributed by atoms with E-state index in [-0.39, 0.29) is 28.9 Å². The second kappa shape index (κ2) is 5.07. The van der Waals surface area contributed by atoms with E-state index in [1.807, 2.05) is 0 Å². The minimum atomic E-state index is -3.97. The highest BCUT2D eigenvalue weighted by molar-refractivity contribution is 7.89. The molecule has 2 heterocycles. The Morgan fingerprint density at radius 3 is 2.70 bits per heavy atom. The predicted molar refractivity (Wildman–Crippen MR) is 78.1 cm³/mol. The maximum atomic E-state index is 12.5. The van der Waals surface area contributed by atoms with Gasteiger partial charge >= 0.3 is 5.97 Å². The Bertz CT molecular complexity index is 783. The maximum Gasteiger partial charge on any atom is 0.311 e. The highest BCUT2D eigenvalue weighted by Gasteiger charge is 2.56. The van der Waals surface area contributed by atoms with Crippen LogP contribution in [0.25, 0.3) is 0 Å². The van der Waals surface area contributed by atoms with E-state index in [0.29, 0.717) is 13.0 Å². The minimum Gasteiger partial charge on any atom is -0.481 e. The summed E-state index contributed by atoms with van der Waals surface area (Å²) in [5.74, 6) is -1.54. The Morgan fingerprint density at radius 1 is 1.48 bits per heavy atom. The number of primary sulfonamides is 1. The average molecular weight is 342 g/mol. The first-order valence-corrected chi connectivity index (χ1v) is 8.86. The number of amides is 1. The SMILES string of the molecule is Cc1oc(C(=O)N2C[C@@H]3CCC[C@@]3(C(=O)O)C2)cc1S(N)(=O)=O. The number of nitrogens with zero attached hydrogens (tertiary/aromatic N) is 1. The molecule has 0 unspecified atom stereocenters. The molecule has 126 valence electrons. The van der Waals surface area contributed by atoms with E-state index in [2.05, 4.69) is 0 Å². The van der Waals surface area contributed by atoms with Crippen LogP contribution in [-0.4, -0.2) is 43.4 Å². The fourth-order valence-corrected chi connectivity index (χ4v) is 4.52. The first-order valence-electron chi connectivity index (χ1n) is 7.31. The van der Waals surface area contributed by atoms with Crippen molar-refractivity contribution in [1.82, 2.24) is 4.90 Å². The number of hydrogen-bond donors (Lipinski definition) is 2. The van der Waals surface area contributed by atoms with Crippen LogP contribution < -0.4 is 5.14 Å². The van der Waals surface area contributed by atoms with Gasteiger partial charge in [0.15, 0.2) is 5.76 Å². The van der Waals surface area contributed by atoms with Crippen molar-refractivity contribution in [3.8, 4) is 0 Å². The molecule has 1 saturated heterocycles. The Hall–Kier alpha value is -1.87. The van der Waals surface area contributed by atoms with Crippen molar-refractivity contribution in [2.24, 2.45) is 16.5 Å². The van der Waals surface area contributed by atoms with E-state index in [1.54, 1.807) is 0 Å². The lowest BCUT2D eigenvalue weighted by Gasteiger charge is -2.22. The summed E-state index contributed by atoms with van der Waals surface area (Å²) in [6.45, 7) is 1.87. The number of sulfonamides is 1. The Labute approximate surface area is 133 Å². The number of aliphatic carboxylic acids is 1. The van der Waals surface area contributed by atoms with Crippen molar-refractivity contribution >= 4 is 21.9 Å². The van der Waals surface area contributed by atoms with E-state index in [9.17, 15) is 23.1 Å². The van der Waals surface area contributed by atoms with Crippen molar-refractivity contribution in [3.05, 3.63) is 17.6 Å². The van der Waals surface area contributed by atoms with Crippen LogP contribution in [0.3, 0.4) is 0 Å². The highest BCUT2D eigenvalue weighted by atomic mass is 32.2. The van der Waals surface area contributed by atoms with Gasteiger partial charge in [-0.15, -0.1) is 0 Å². The molecule has 2 aliphatic rings. The largest absolute Gasteiger partial charge is 0.481 e. The number of carbonyl (C=O) groups excluding carboxylic acids is 1. The maximum absolute atomic E-state index is 12.5. The first-order chi connectivity index (χ1) is 10.6. The van der Waals surface area contributed by atoms with E-state index >= 15 is 0 Å². The zero-order valence-electron chi connectivity index (χ0n) is 12.6. The summed E-state index contributed by atoms with van der Waals surface area (Å²) in [4.78, 5) is 25.4. The Balaban J connectivity index is 1.87. The van der Waals surface area contributed by atoms with Crippen molar-refractivity contribution in [3.63, 3.8) is 0 Å². The summed E-state index contributed by atoms with van der Waals surface area (Å²) in [5, 5.41) is 14.6. The zero-order chi connectivity index (χ0) is 17.0. The topological polar surface area (TPSA) is 131 Å². The standard InChI is InChI=1S/C14H18N2O6S/c1-8-11(23(15,20)21)5-10(22-8)12(17)16-6-9-3-2-4-14(9,7-16)13(18)19/h5,9H,2-4,6-7H2,1H3,(H,18,19)(H2,15,20,21)/t9-,14+/m0/s1. The van der Waals surface area contributed by atoms with Crippen molar-refractivity contribution in [2.75, 3.05) is 13.1 Å². The third kappa shape index (κ3) is 2.43. The lowest BCUT2D eigenvalue weighted by molar-refractivity contribution is -0.149. The molecular formula is C14H18N2O6S. The molecular weight excluding hydrogens is 324 g/mol. The molecule has 2 atom stereocenters. The molecule has 1 aromatic heterocycles. The van der Waals surface area contributed by atoms with E-state index in [0.717, 1.165) is 18.9 Å². The van der Waals surface area contributed by atoms with Gasteiger partial charge in [0, 0.05) is 19.2 Å². The van der Waals surface area contributed by atoms with Crippen LogP contribution in [0.15, 0.2) is 15.4 Å². The molecule has 1 aliphatic heterocycles. The van der Waals surface area contributed by atoms with Crippen LogP contribution >= 0.6 is 0 Å². The molecule has 8 nitrogen and oxygen atoms in total. The third-order valence-electron chi connectivity index (χ3n) is 4.97. The predicted octanol–water partition coefficient (Wildman–Crippen LogP) is 0.562. The summed E-state index contributed by atoms with van der Waals surface area (Å²) in [6.07, 6.45) is 2.17. The molecule has 1 amide bonds. The first kappa shape index (κ1) is 16.0. The van der Waals surface area contributed by atoms with Gasteiger partial charge in [-0.1, -0.05) is 6.42 Å². The van der Waals surface area contributed by atoms with Gasteiger partial charge in [0.05, 0.1) is 5.41 Å². The summed E-state index contributed by atoms with van der Waals surface area (Å²) in [5.41, 5.74) is -0.889. The number of carboxylic acids is 1. The monoisotopic (exact) mass is 342 g/mol. The Morgan fingerprint density at radius 2 is 2.17 bits per heavy atom. The number of hydrogen-bond acceptors (Lipinski definition) is 5. The molecule has 1 saturated carbocycles. The highest BCUT2D eigenvalue weighted by Crippen LogP contribution is 2.49.